The molecule has 0 amide bonds. The number of aromatic amines is 1. The van der Waals surface area contributed by atoms with E-state index in [1.165, 1.54) is 6.92 Å². The first-order chi connectivity index (χ1) is 18.3. The maximum atomic E-state index is 15.5. The van der Waals surface area contributed by atoms with Crippen molar-refractivity contribution < 1.29 is 37.4 Å². The normalized spacial score (nSPS) is 27.2. The van der Waals surface area contributed by atoms with Gasteiger partial charge in [-0.05, 0) is 64.2 Å². The Morgan fingerprint density at radius 1 is 1.26 bits per heavy atom. The summed E-state index contributed by atoms with van der Waals surface area (Å²) in [5.41, 5.74) is -2.99. The lowest BCUT2D eigenvalue weighted by molar-refractivity contribution is -0.149. The summed E-state index contributed by atoms with van der Waals surface area (Å²) in [5.74, 6) is -0.0157. The van der Waals surface area contributed by atoms with Crippen molar-refractivity contribution in [3.8, 4) is 5.75 Å². The van der Waals surface area contributed by atoms with E-state index in [2.05, 4.69) is 5.09 Å². The zero-order chi connectivity index (χ0) is 28.5. The molecule has 1 aliphatic carbocycles. The number of H-pyrrole nitrogens is 1. The lowest BCUT2D eigenvalue weighted by Crippen LogP contribution is -2.43. The third kappa shape index (κ3) is 6.85. The predicted octanol–water partition coefficient (Wildman–Crippen LogP) is 2.53. The van der Waals surface area contributed by atoms with Crippen LogP contribution in [0.25, 0.3) is 0 Å². The highest BCUT2D eigenvalue weighted by Gasteiger charge is 2.56. The van der Waals surface area contributed by atoms with Crippen molar-refractivity contribution in [3.05, 3.63) is 62.9 Å². The van der Waals surface area contributed by atoms with Gasteiger partial charge >= 0.3 is 19.4 Å². The van der Waals surface area contributed by atoms with E-state index in [1.54, 1.807) is 26.0 Å². The number of benzene rings is 1. The first-order valence-corrected chi connectivity index (χ1v) is 14.2. The molecule has 1 saturated carbocycles. The molecule has 2 fully saturated rings. The Labute approximate surface area is 224 Å². The standard InChI is InChI=1S/C25H33FN3O9P/c1-14(2)36-22(32)15(3)28-39(34,38-18-9-7-17(8-10-18)16-5-6-16)35-13-19-21(31)25(4,26)23(37-19)29-12-11-20(30)27-24(29)33/h7-12,14-16,19,21,23,31H,5-6,13H2,1-4H3,(H,28,34)(H,27,30,33)/t15?,19-,21-,23-,25-,39-/m1/s1. The van der Waals surface area contributed by atoms with Crippen molar-refractivity contribution in [1.29, 1.82) is 0 Å². The van der Waals surface area contributed by atoms with E-state index in [-0.39, 0.29) is 5.75 Å². The molecule has 214 valence electrons. The lowest BCUT2D eigenvalue weighted by Gasteiger charge is -2.25. The molecule has 4 rings (SSSR count). The molecule has 0 bridgehead atoms. The number of alkyl halides is 1. The number of hydrogen-bond acceptors (Lipinski definition) is 9. The summed E-state index contributed by atoms with van der Waals surface area (Å²) >= 11 is 0. The second-order valence-corrected chi connectivity index (χ2v) is 11.9. The van der Waals surface area contributed by atoms with Gasteiger partial charge < -0.3 is 19.1 Å². The van der Waals surface area contributed by atoms with Gasteiger partial charge in [-0.25, -0.2) is 13.8 Å². The van der Waals surface area contributed by atoms with Crippen molar-refractivity contribution in [3.63, 3.8) is 0 Å². The molecule has 0 spiro atoms. The molecule has 1 aromatic carbocycles. The first-order valence-electron chi connectivity index (χ1n) is 12.7. The van der Waals surface area contributed by atoms with Crippen molar-refractivity contribution in [2.75, 3.05) is 6.61 Å². The van der Waals surface area contributed by atoms with Gasteiger partial charge in [-0.2, -0.15) is 5.09 Å². The van der Waals surface area contributed by atoms with Crippen LogP contribution in [0.4, 0.5) is 4.39 Å². The molecular weight excluding hydrogens is 536 g/mol. The number of aliphatic hydroxyl groups is 1. The zero-order valence-electron chi connectivity index (χ0n) is 22.0. The minimum atomic E-state index is -4.33. The van der Waals surface area contributed by atoms with Crippen molar-refractivity contribution >= 4 is 13.7 Å². The van der Waals surface area contributed by atoms with E-state index in [4.69, 9.17) is 18.5 Å². The van der Waals surface area contributed by atoms with Crippen LogP contribution >= 0.6 is 7.75 Å². The minimum Gasteiger partial charge on any atom is -0.462 e. The Morgan fingerprint density at radius 2 is 1.92 bits per heavy atom. The van der Waals surface area contributed by atoms with Gasteiger partial charge in [-0.15, -0.1) is 0 Å². The summed E-state index contributed by atoms with van der Waals surface area (Å²) in [6.07, 6.45) is -2.00. The van der Waals surface area contributed by atoms with Gasteiger partial charge in [0.2, 0.25) is 0 Å². The van der Waals surface area contributed by atoms with Crippen LogP contribution in [0.1, 0.15) is 58.2 Å². The molecule has 1 aliphatic heterocycles. The number of halogens is 1. The van der Waals surface area contributed by atoms with Gasteiger partial charge in [0.15, 0.2) is 11.9 Å². The lowest BCUT2D eigenvalue weighted by atomic mass is 9.98. The Bertz CT molecular complexity index is 1340. The van der Waals surface area contributed by atoms with Crippen LogP contribution in [-0.2, 0) is 23.4 Å². The maximum Gasteiger partial charge on any atom is 0.459 e. The Hall–Kier alpha value is -2.83. The number of aliphatic hydroxyl groups excluding tert-OH is 1. The topological polar surface area (TPSA) is 158 Å². The van der Waals surface area contributed by atoms with Gasteiger partial charge in [-0.3, -0.25) is 23.7 Å². The fourth-order valence-electron chi connectivity index (χ4n) is 4.20. The number of carbonyl (C=O) groups is 1. The Kier molecular flexibility index (Phi) is 8.48. The molecule has 2 aliphatic rings. The summed E-state index contributed by atoms with van der Waals surface area (Å²) in [6.45, 7) is 5.13. The van der Waals surface area contributed by atoms with Crippen LogP contribution in [0.2, 0.25) is 0 Å². The molecule has 12 nitrogen and oxygen atoms in total. The number of nitrogens with zero attached hydrogens (tertiary/aromatic N) is 1. The molecule has 3 N–H and O–H groups in total. The van der Waals surface area contributed by atoms with Crippen LogP contribution in [0, 0.1) is 0 Å². The fraction of sp³-hybridized carbons (Fsp3) is 0.560. The SMILES string of the molecule is CC(C)OC(=O)C(C)N[P@@](=O)(OC[C@H]1O[C@@H](n2ccc(=O)[nH]c2=O)[C@](C)(F)[C@@H]1O)Oc1ccc(C2CC2)cc1. The number of ether oxygens (including phenoxy) is 2. The average Bonchev–Trinajstić information content (AvgIpc) is 3.67. The molecule has 1 saturated heterocycles. The van der Waals surface area contributed by atoms with Gasteiger partial charge in [-0.1, -0.05) is 12.1 Å². The number of aromatic nitrogens is 2. The number of rotatable bonds is 11. The van der Waals surface area contributed by atoms with Crippen LogP contribution < -0.4 is 20.9 Å². The third-order valence-electron chi connectivity index (χ3n) is 6.44. The molecule has 6 atom stereocenters. The second kappa shape index (κ2) is 11.3. The van der Waals surface area contributed by atoms with E-state index in [0.717, 1.165) is 42.2 Å². The van der Waals surface area contributed by atoms with E-state index < -0.39 is 67.8 Å². The first kappa shape index (κ1) is 29.2. The summed E-state index contributed by atoms with van der Waals surface area (Å²) in [5, 5.41) is 13.2. The highest BCUT2D eigenvalue weighted by atomic mass is 31.2. The molecule has 1 unspecified atom stereocenters. The molecule has 1 aromatic heterocycles. The average molecular weight is 570 g/mol. The molecule has 2 heterocycles. The smallest absolute Gasteiger partial charge is 0.459 e. The summed E-state index contributed by atoms with van der Waals surface area (Å²) < 4.78 is 52.1. The molecule has 14 heteroatoms. The number of nitrogens with one attached hydrogen (secondary N) is 2. The van der Waals surface area contributed by atoms with Gasteiger partial charge in [0.25, 0.3) is 5.56 Å². The third-order valence-corrected chi connectivity index (χ3v) is 8.08. The number of esters is 1. The summed E-state index contributed by atoms with van der Waals surface area (Å²) in [7, 11) is -4.33. The van der Waals surface area contributed by atoms with Crippen LogP contribution in [0.3, 0.4) is 0 Å². The van der Waals surface area contributed by atoms with E-state index >= 15 is 4.39 Å². The fourth-order valence-corrected chi connectivity index (χ4v) is 5.71. The van der Waals surface area contributed by atoms with Crippen molar-refractivity contribution in [2.45, 2.75) is 82.7 Å². The van der Waals surface area contributed by atoms with Gasteiger partial charge in [0.1, 0.15) is 24.0 Å². The van der Waals surface area contributed by atoms with Gasteiger partial charge in [0, 0.05) is 12.3 Å². The minimum absolute atomic E-state index is 0.195. The molecule has 0 radical (unpaired) electrons. The van der Waals surface area contributed by atoms with E-state index in [9.17, 15) is 24.1 Å². The van der Waals surface area contributed by atoms with Crippen LogP contribution in [0.5, 0.6) is 5.75 Å². The predicted molar refractivity (Wildman–Crippen MR) is 137 cm³/mol. The van der Waals surface area contributed by atoms with Gasteiger partial charge in [0.05, 0.1) is 12.7 Å². The summed E-state index contributed by atoms with van der Waals surface area (Å²) in [4.78, 5) is 38.0. The molecule has 39 heavy (non-hydrogen) atoms. The van der Waals surface area contributed by atoms with Crippen LogP contribution in [-0.4, -0.2) is 57.3 Å². The Morgan fingerprint density at radius 3 is 2.51 bits per heavy atom. The van der Waals surface area contributed by atoms with Crippen molar-refractivity contribution in [2.24, 2.45) is 0 Å². The van der Waals surface area contributed by atoms with E-state index in [1.807, 2.05) is 17.1 Å². The number of hydrogen-bond donors (Lipinski definition) is 3. The highest BCUT2D eigenvalue weighted by molar-refractivity contribution is 7.52. The molecular formula is C25H33FN3O9P. The maximum absolute atomic E-state index is 15.5. The van der Waals surface area contributed by atoms with E-state index in [0.29, 0.717) is 5.92 Å². The number of carbonyl (C=O) groups excluding carboxylic acids is 1. The highest BCUT2D eigenvalue weighted by Crippen LogP contribution is 2.48. The largest absolute Gasteiger partial charge is 0.462 e. The summed E-state index contributed by atoms with van der Waals surface area (Å²) in [6, 6.07) is 6.84. The second-order valence-electron chi connectivity index (χ2n) is 10.2. The molecule has 2 aromatic rings. The monoisotopic (exact) mass is 569 g/mol. The zero-order valence-corrected chi connectivity index (χ0v) is 22.9. The van der Waals surface area contributed by atoms with Crippen molar-refractivity contribution in [1.82, 2.24) is 14.6 Å². The Balaban J connectivity index is 1.52. The quantitative estimate of drug-likeness (QED) is 0.271. The van der Waals surface area contributed by atoms with Crippen LogP contribution in [0.15, 0.2) is 46.1 Å².